The molecule has 0 fully saturated rings. The highest BCUT2D eigenvalue weighted by Gasteiger charge is 2.29. The van der Waals surface area contributed by atoms with Crippen molar-refractivity contribution in [1.29, 1.82) is 0 Å². The molecule has 3 N–H and O–H groups in total. The lowest BCUT2D eigenvalue weighted by Crippen LogP contribution is -2.27. The van der Waals surface area contributed by atoms with Gasteiger partial charge in [-0.1, -0.05) is 60.7 Å². The van der Waals surface area contributed by atoms with Crippen molar-refractivity contribution in [2.24, 2.45) is 0 Å². The molecular weight excluding hydrogens is 615 g/mol. The van der Waals surface area contributed by atoms with Crippen LogP contribution < -0.4 is 10.1 Å². The van der Waals surface area contributed by atoms with Crippen LogP contribution in [0.3, 0.4) is 0 Å². The first-order valence-corrected chi connectivity index (χ1v) is 15.8. The van der Waals surface area contributed by atoms with Gasteiger partial charge < -0.3 is 34.3 Å². The molecule has 1 aromatic heterocycles. The maximum atomic E-state index is 14.3. The van der Waals surface area contributed by atoms with Crippen molar-refractivity contribution < 1.29 is 38.4 Å². The topological polar surface area (TPSA) is 119 Å². The fourth-order valence-electron chi connectivity index (χ4n) is 5.46. The van der Waals surface area contributed by atoms with Gasteiger partial charge in [0.2, 0.25) is 0 Å². The number of rotatable bonds is 16. The molecule has 0 aliphatic carbocycles. The fraction of sp³-hybridized carbons (Fsp3) is 0.316. The van der Waals surface area contributed by atoms with Crippen LogP contribution in [0.25, 0.3) is 28.3 Å². The van der Waals surface area contributed by atoms with Gasteiger partial charge in [0, 0.05) is 42.9 Å². The molecule has 2 atom stereocenters. The molecule has 0 unspecified atom stereocenters. The van der Waals surface area contributed by atoms with Crippen LogP contribution in [0.4, 0.5) is 4.39 Å². The molecule has 10 heteroatoms. The summed E-state index contributed by atoms with van der Waals surface area (Å²) in [5.41, 5.74) is 4.66. The van der Waals surface area contributed by atoms with Crippen molar-refractivity contribution in [1.82, 2.24) is 9.88 Å². The molecule has 48 heavy (non-hydrogen) atoms. The predicted molar refractivity (Wildman–Crippen MR) is 183 cm³/mol. The van der Waals surface area contributed by atoms with Crippen molar-refractivity contribution in [3.8, 4) is 28.0 Å². The SMILES string of the molecule is COCCOc1ccc(CNC(=O)c2c(-c3ccccc3)c(-c3ccc(F)cc3)c(C=C[C@@H](O)C[C@@H](O)CC(=O)OC)n2C(C)C)cc1. The second kappa shape index (κ2) is 17.4. The lowest BCUT2D eigenvalue weighted by molar-refractivity contribution is -0.143. The van der Waals surface area contributed by atoms with Crippen LogP contribution in [0.5, 0.6) is 5.75 Å². The number of aliphatic hydroxyl groups is 2. The maximum Gasteiger partial charge on any atom is 0.308 e. The van der Waals surface area contributed by atoms with E-state index in [0.717, 1.165) is 11.1 Å². The average molecular weight is 659 g/mol. The van der Waals surface area contributed by atoms with Crippen LogP contribution in [0.15, 0.2) is 84.9 Å². The van der Waals surface area contributed by atoms with Gasteiger partial charge in [-0.2, -0.15) is 0 Å². The summed E-state index contributed by atoms with van der Waals surface area (Å²) in [7, 11) is 2.84. The Kier molecular flexibility index (Phi) is 13.1. The summed E-state index contributed by atoms with van der Waals surface area (Å²) in [5, 5.41) is 24.2. The number of esters is 1. The van der Waals surface area contributed by atoms with Crippen LogP contribution in [-0.2, 0) is 20.8 Å². The van der Waals surface area contributed by atoms with E-state index in [0.29, 0.717) is 47.0 Å². The van der Waals surface area contributed by atoms with E-state index in [1.165, 1.54) is 25.3 Å². The third-order valence-electron chi connectivity index (χ3n) is 7.72. The van der Waals surface area contributed by atoms with Crippen LogP contribution in [0.2, 0.25) is 0 Å². The molecule has 4 rings (SSSR count). The van der Waals surface area contributed by atoms with E-state index in [4.69, 9.17) is 9.47 Å². The van der Waals surface area contributed by atoms with Gasteiger partial charge >= 0.3 is 5.97 Å². The van der Waals surface area contributed by atoms with Gasteiger partial charge in [0.25, 0.3) is 5.91 Å². The Hall–Kier alpha value is -4.77. The van der Waals surface area contributed by atoms with Gasteiger partial charge in [-0.05, 0) is 60.9 Å². The first kappa shape index (κ1) is 36.1. The first-order chi connectivity index (χ1) is 23.1. The quantitative estimate of drug-likeness (QED) is 0.0971. The molecule has 9 nitrogen and oxygen atoms in total. The standard InChI is InChI=1S/C38H43FN2O7/c1-25(2)41-33(19-16-30(42)22-31(43)23-34(44)47-4)35(28-12-14-29(39)15-13-28)36(27-8-6-5-7-9-27)37(41)38(45)40-24-26-10-17-32(18-11-26)48-21-20-46-3/h5-19,25,30-31,42-43H,20-24H2,1-4H3,(H,40,45)/t30-,31-/m1/s1. The van der Waals surface area contributed by atoms with Crippen molar-refractivity contribution in [2.45, 2.75) is 51.5 Å². The molecule has 0 spiro atoms. The minimum Gasteiger partial charge on any atom is -0.491 e. The normalized spacial score (nSPS) is 12.7. The summed E-state index contributed by atoms with van der Waals surface area (Å²) in [6.45, 7) is 5.07. The second-order valence-corrected chi connectivity index (χ2v) is 11.6. The summed E-state index contributed by atoms with van der Waals surface area (Å²) in [5.74, 6) is -0.605. The van der Waals surface area contributed by atoms with E-state index in [9.17, 15) is 24.2 Å². The summed E-state index contributed by atoms with van der Waals surface area (Å²) in [4.78, 5) is 25.9. The fourth-order valence-corrected chi connectivity index (χ4v) is 5.46. The number of aliphatic hydroxyl groups excluding tert-OH is 2. The molecule has 254 valence electrons. The Bertz CT molecular complexity index is 1670. The van der Waals surface area contributed by atoms with E-state index >= 15 is 0 Å². The van der Waals surface area contributed by atoms with Crippen molar-refractivity contribution >= 4 is 18.0 Å². The molecule has 0 radical (unpaired) electrons. The van der Waals surface area contributed by atoms with Gasteiger partial charge in [0.15, 0.2) is 0 Å². The van der Waals surface area contributed by atoms with Crippen molar-refractivity contribution in [3.05, 3.63) is 108 Å². The van der Waals surface area contributed by atoms with E-state index in [1.54, 1.807) is 25.3 Å². The Balaban J connectivity index is 1.79. The van der Waals surface area contributed by atoms with Crippen LogP contribution in [0.1, 0.15) is 54.5 Å². The predicted octanol–water partition coefficient (Wildman–Crippen LogP) is 6.19. The lowest BCUT2D eigenvalue weighted by Gasteiger charge is -2.17. The number of ether oxygens (including phenoxy) is 3. The molecule has 1 heterocycles. The van der Waals surface area contributed by atoms with Crippen LogP contribution in [-0.4, -0.2) is 66.3 Å². The number of methoxy groups -OCH3 is 2. The van der Waals surface area contributed by atoms with Crippen molar-refractivity contribution in [2.75, 3.05) is 27.4 Å². The molecule has 0 saturated heterocycles. The maximum absolute atomic E-state index is 14.3. The largest absolute Gasteiger partial charge is 0.491 e. The molecule has 0 aliphatic rings. The highest BCUT2D eigenvalue weighted by Crippen LogP contribution is 2.42. The molecule has 0 aliphatic heterocycles. The Labute approximate surface area is 280 Å². The lowest BCUT2D eigenvalue weighted by atomic mass is 9.94. The second-order valence-electron chi connectivity index (χ2n) is 11.6. The number of amides is 1. The van der Waals surface area contributed by atoms with E-state index in [-0.39, 0.29) is 31.3 Å². The number of nitrogens with zero attached hydrogens (tertiary/aromatic N) is 1. The van der Waals surface area contributed by atoms with Crippen LogP contribution in [0, 0.1) is 5.82 Å². The summed E-state index contributed by atoms with van der Waals surface area (Å²) in [6, 6.07) is 22.8. The number of carbonyl (C=O) groups excluding carboxylic acids is 2. The summed E-state index contributed by atoms with van der Waals surface area (Å²) < 4.78 is 31.3. The molecule has 1 amide bonds. The third-order valence-corrected chi connectivity index (χ3v) is 7.72. The van der Waals surface area contributed by atoms with Gasteiger partial charge in [0.1, 0.15) is 23.9 Å². The minimum atomic E-state index is -1.11. The summed E-state index contributed by atoms with van der Waals surface area (Å²) in [6.07, 6.45) is 0.651. The van der Waals surface area contributed by atoms with Crippen LogP contribution >= 0.6 is 0 Å². The molecule has 0 bridgehead atoms. The molecular formula is C38H43FN2O7. The Morgan fingerprint density at radius 2 is 1.56 bits per heavy atom. The number of benzene rings is 3. The highest BCUT2D eigenvalue weighted by molar-refractivity contribution is 6.06. The average Bonchev–Trinajstić information content (AvgIpc) is 3.43. The summed E-state index contributed by atoms with van der Waals surface area (Å²) >= 11 is 0. The van der Waals surface area contributed by atoms with Gasteiger partial charge in [-0.3, -0.25) is 9.59 Å². The van der Waals surface area contributed by atoms with E-state index < -0.39 is 24.0 Å². The van der Waals surface area contributed by atoms with Gasteiger partial charge in [0.05, 0.1) is 32.3 Å². The van der Waals surface area contributed by atoms with Gasteiger partial charge in [-0.15, -0.1) is 0 Å². The van der Waals surface area contributed by atoms with E-state index in [1.807, 2.05) is 73.0 Å². The third kappa shape index (κ3) is 9.41. The highest BCUT2D eigenvalue weighted by atomic mass is 19.1. The zero-order valence-corrected chi connectivity index (χ0v) is 27.7. The monoisotopic (exact) mass is 658 g/mol. The molecule has 4 aromatic rings. The van der Waals surface area contributed by atoms with Crippen molar-refractivity contribution in [3.63, 3.8) is 0 Å². The Morgan fingerprint density at radius 1 is 0.896 bits per heavy atom. The number of hydrogen-bond donors (Lipinski definition) is 3. The number of aromatic nitrogens is 1. The number of carbonyl (C=O) groups is 2. The number of halogens is 1. The smallest absolute Gasteiger partial charge is 0.308 e. The first-order valence-electron chi connectivity index (χ1n) is 15.8. The zero-order valence-electron chi connectivity index (χ0n) is 27.7. The molecule has 0 saturated carbocycles. The van der Waals surface area contributed by atoms with E-state index in [2.05, 4.69) is 10.1 Å². The Morgan fingerprint density at radius 3 is 2.19 bits per heavy atom. The molecule has 3 aromatic carbocycles. The minimum absolute atomic E-state index is 0.102. The zero-order chi connectivity index (χ0) is 34.6. The number of hydrogen-bond acceptors (Lipinski definition) is 7. The number of nitrogens with one attached hydrogen (secondary N) is 1. The van der Waals surface area contributed by atoms with Gasteiger partial charge in [-0.25, -0.2) is 4.39 Å².